The fraction of sp³-hybridized carbons (Fsp3) is 0.533. The lowest BCUT2D eigenvalue weighted by molar-refractivity contribution is -0.123. The third kappa shape index (κ3) is 4.69. The molecule has 0 bridgehead atoms. The van der Waals surface area contributed by atoms with Crippen LogP contribution in [0.25, 0.3) is 0 Å². The number of carbonyl (C=O) groups excluding carboxylic acids is 1. The molecule has 0 spiro atoms. The second-order valence-corrected chi connectivity index (χ2v) is 5.19. The highest BCUT2D eigenvalue weighted by molar-refractivity contribution is 5.88. The van der Waals surface area contributed by atoms with Crippen molar-refractivity contribution < 1.29 is 9.53 Å². The zero-order chi connectivity index (χ0) is 13.7. The zero-order valence-corrected chi connectivity index (χ0v) is 12.7. The number of halogens is 1. The number of benzene rings is 1. The Morgan fingerprint density at radius 2 is 2.20 bits per heavy atom. The molecular formula is C15H23ClN2O2. The van der Waals surface area contributed by atoms with Crippen LogP contribution in [-0.2, 0) is 11.3 Å². The topological polar surface area (TPSA) is 64.3 Å². The highest BCUT2D eigenvalue weighted by atomic mass is 35.5. The summed E-state index contributed by atoms with van der Waals surface area (Å²) in [6.45, 7) is 3.37. The maximum absolute atomic E-state index is 11.7. The summed E-state index contributed by atoms with van der Waals surface area (Å²) >= 11 is 0. The Kier molecular flexibility index (Phi) is 6.30. The second kappa shape index (κ2) is 7.50. The van der Waals surface area contributed by atoms with E-state index in [4.69, 9.17) is 10.5 Å². The van der Waals surface area contributed by atoms with Crippen LogP contribution < -0.4 is 15.8 Å². The lowest BCUT2D eigenvalue weighted by Gasteiger charge is -2.11. The second-order valence-electron chi connectivity index (χ2n) is 5.19. The molecular weight excluding hydrogens is 276 g/mol. The van der Waals surface area contributed by atoms with Crippen LogP contribution in [0.5, 0.6) is 5.75 Å². The van der Waals surface area contributed by atoms with Crippen molar-refractivity contribution in [2.75, 3.05) is 6.61 Å². The van der Waals surface area contributed by atoms with Gasteiger partial charge in [0.05, 0.1) is 12.1 Å². The summed E-state index contributed by atoms with van der Waals surface area (Å²) in [6, 6.07) is 7.82. The van der Waals surface area contributed by atoms with Crippen LogP contribution in [0.2, 0.25) is 0 Å². The average molecular weight is 299 g/mol. The van der Waals surface area contributed by atoms with Crippen LogP contribution in [0, 0.1) is 0 Å². The van der Waals surface area contributed by atoms with Gasteiger partial charge in [0.1, 0.15) is 5.75 Å². The highest BCUT2D eigenvalue weighted by Gasteiger charge is 2.45. The molecule has 0 radical (unpaired) electrons. The Morgan fingerprint density at radius 3 is 2.85 bits per heavy atom. The minimum absolute atomic E-state index is 0. The smallest absolute Gasteiger partial charge is 0.240 e. The van der Waals surface area contributed by atoms with Crippen molar-refractivity contribution in [3.63, 3.8) is 0 Å². The number of nitrogens with one attached hydrogen (secondary N) is 1. The van der Waals surface area contributed by atoms with Gasteiger partial charge in [0.25, 0.3) is 0 Å². The fourth-order valence-electron chi connectivity index (χ4n) is 1.80. The van der Waals surface area contributed by atoms with Crippen LogP contribution in [0.15, 0.2) is 24.3 Å². The van der Waals surface area contributed by atoms with Crippen molar-refractivity contribution in [2.45, 2.75) is 44.7 Å². The van der Waals surface area contributed by atoms with E-state index in [2.05, 4.69) is 12.2 Å². The molecule has 5 heteroatoms. The first-order chi connectivity index (χ1) is 9.14. The number of amides is 1. The van der Waals surface area contributed by atoms with E-state index in [0.717, 1.165) is 43.6 Å². The van der Waals surface area contributed by atoms with Crippen LogP contribution in [0.3, 0.4) is 0 Å². The summed E-state index contributed by atoms with van der Waals surface area (Å²) in [6.07, 6.45) is 3.75. The van der Waals surface area contributed by atoms with Gasteiger partial charge < -0.3 is 15.8 Å². The summed E-state index contributed by atoms with van der Waals surface area (Å²) in [5.74, 6) is 0.805. The molecule has 0 heterocycles. The molecule has 1 aromatic rings. The number of rotatable bonds is 7. The number of unbranched alkanes of at least 4 members (excludes halogenated alkanes) is 1. The summed E-state index contributed by atoms with van der Waals surface area (Å²) in [5.41, 5.74) is 6.26. The molecule has 1 aliphatic rings. The van der Waals surface area contributed by atoms with Crippen LogP contribution in [0.1, 0.15) is 38.2 Å². The van der Waals surface area contributed by atoms with E-state index in [1.54, 1.807) is 0 Å². The van der Waals surface area contributed by atoms with E-state index in [1.165, 1.54) is 0 Å². The minimum atomic E-state index is -0.602. The van der Waals surface area contributed by atoms with Crippen molar-refractivity contribution in [3.8, 4) is 5.75 Å². The molecule has 0 aromatic heterocycles. The van der Waals surface area contributed by atoms with Gasteiger partial charge in [0, 0.05) is 6.54 Å². The lowest BCUT2D eigenvalue weighted by atomic mass is 10.2. The van der Waals surface area contributed by atoms with E-state index in [0.29, 0.717) is 6.54 Å². The molecule has 1 saturated carbocycles. The van der Waals surface area contributed by atoms with Crippen LogP contribution in [-0.4, -0.2) is 18.1 Å². The molecule has 0 aliphatic heterocycles. The maximum Gasteiger partial charge on any atom is 0.240 e. The molecule has 1 aromatic carbocycles. The molecule has 20 heavy (non-hydrogen) atoms. The van der Waals surface area contributed by atoms with E-state index in [1.807, 2.05) is 24.3 Å². The summed E-state index contributed by atoms with van der Waals surface area (Å²) in [5, 5.41) is 2.88. The van der Waals surface area contributed by atoms with Gasteiger partial charge in [0.2, 0.25) is 5.91 Å². The number of hydrogen-bond donors (Lipinski definition) is 2. The molecule has 0 atom stereocenters. The Bertz CT molecular complexity index is 447. The van der Waals surface area contributed by atoms with Gasteiger partial charge in [0.15, 0.2) is 0 Å². The number of nitrogens with two attached hydrogens (primary N) is 1. The third-order valence-corrected chi connectivity index (χ3v) is 3.36. The average Bonchev–Trinajstić information content (AvgIpc) is 3.16. The first kappa shape index (κ1) is 16.8. The standard InChI is InChI=1S/C15H22N2O2.ClH/c1-2-3-9-19-13-6-4-5-12(10-13)11-17-14(18)15(16)7-8-15;/h4-6,10H,2-3,7-9,11,16H2,1H3,(H,17,18);1H. The van der Waals surface area contributed by atoms with E-state index < -0.39 is 5.54 Å². The molecule has 2 rings (SSSR count). The van der Waals surface area contributed by atoms with Gasteiger partial charge in [-0.3, -0.25) is 4.79 Å². The third-order valence-electron chi connectivity index (χ3n) is 3.36. The highest BCUT2D eigenvalue weighted by Crippen LogP contribution is 2.32. The molecule has 3 N–H and O–H groups in total. The summed E-state index contributed by atoms with van der Waals surface area (Å²) in [4.78, 5) is 11.7. The first-order valence-electron chi connectivity index (χ1n) is 6.93. The predicted octanol–water partition coefficient (Wildman–Crippen LogP) is 2.39. The predicted molar refractivity (Wildman–Crippen MR) is 82.1 cm³/mol. The van der Waals surface area contributed by atoms with Crippen LogP contribution >= 0.6 is 12.4 Å². The van der Waals surface area contributed by atoms with Gasteiger partial charge in [-0.1, -0.05) is 25.5 Å². The van der Waals surface area contributed by atoms with Crippen molar-refractivity contribution in [1.29, 1.82) is 0 Å². The molecule has 0 saturated heterocycles. The van der Waals surface area contributed by atoms with Crippen molar-refractivity contribution >= 4 is 18.3 Å². The van der Waals surface area contributed by atoms with Crippen molar-refractivity contribution in [2.24, 2.45) is 5.73 Å². The normalized spacial score (nSPS) is 15.1. The number of hydrogen-bond acceptors (Lipinski definition) is 3. The molecule has 1 fully saturated rings. The Morgan fingerprint density at radius 1 is 1.45 bits per heavy atom. The lowest BCUT2D eigenvalue weighted by Crippen LogP contribution is -2.42. The monoisotopic (exact) mass is 298 g/mol. The summed E-state index contributed by atoms with van der Waals surface area (Å²) < 4.78 is 5.64. The van der Waals surface area contributed by atoms with Crippen molar-refractivity contribution in [3.05, 3.63) is 29.8 Å². The maximum atomic E-state index is 11.7. The molecule has 4 nitrogen and oxygen atoms in total. The number of ether oxygens (including phenoxy) is 1. The van der Waals surface area contributed by atoms with Gasteiger partial charge in [-0.15, -0.1) is 12.4 Å². The van der Waals surface area contributed by atoms with Gasteiger partial charge >= 0.3 is 0 Å². The van der Waals surface area contributed by atoms with Gasteiger partial charge in [-0.25, -0.2) is 0 Å². The fourth-order valence-corrected chi connectivity index (χ4v) is 1.80. The quantitative estimate of drug-likeness (QED) is 0.760. The number of carbonyl (C=O) groups is 1. The molecule has 1 amide bonds. The zero-order valence-electron chi connectivity index (χ0n) is 11.9. The SMILES string of the molecule is CCCCOc1cccc(CNC(=O)C2(N)CC2)c1.Cl. The minimum Gasteiger partial charge on any atom is -0.494 e. The Hall–Kier alpha value is -1.26. The first-order valence-corrected chi connectivity index (χ1v) is 6.93. The van der Waals surface area contributed by atoms with Gasteiger partial charge in [-0.05, 0) is 37.0 Å². The van der Waals surface area contributed by atoms with Crippen molar-refractivity contribution in [1.82, 2.24) is 5.32 Å². The van der Waals surface area contributed by atoms with E-state index in [-0.39, 0.29) is 18.3 Å². The Labute approximate surface area is 126 Å². The molecule has 0 unspecified atom stereocenters. The Balaban J connectivity index is 0.00000200. The van der Waals surface area contributed by atoms with Gasteiger partial charge in [-0.2, -0.15) is 0 Å². The van der Waals surface area contributed by atoms with E-state index in [9.17, 15) is 4.79 Å². The molecule has 112 valence electrons. The van der Waals surface area contributed by atoms with Crippen LogP contribution in [0.4, 0.5) is 0 Å². The molecule has 1 aliphatic carbocycles. The summed E-state index contributed by atoms with van der Waals surface area (Å²) in [7, 11) is 0. The largest absolute Gasteiger partial charge is 0.494 e. The van der Waals surface area contributed by atoms with E-state index >= 15 is 0 Å².